The second kappa shape index (κ2) is 6.34. The topological polar surface area (TPSA) is 97.3 Å². The highest BCUT2D eigenvalue weighted by Gasteiger charge is 2.15. The first-order chi connectivity index (χ1) is 8.75. The summed E-state index contributed by atoms with van der Waals surface area (Å²) in [7, 11) is 0. The third kappa shape index (κ3) is 3.69. The lowest BCUT2D eigenvalue weighted by Crippen LogP contribution is -2.28. The summed E-state index contributed by atoms with van der Waals surface area (Å²) in [6, 6.07) is 0. The lowest BCUT2D eigenvalue weighted by atomic mass is 10.2. The van der Waals surface area contributed by atoms with Crippen molar-refractivity contribution in [2.75, 3.05) is 24.5 Å². The molecule has 0 radical (unpaired) electrons. The molecule has 1 aliphatic heterocycles. The van der Waals surface area contributed by atoms with Crippen molar-refractivity contribution < 1.29 is 9.32 Å². The molecule has 7 heteroatoms. The van der Waals surface area contributed by atoms with Gasteiger partial charge in [0.15, 0.2) is 0 Å². The first-order valence-electron chi connectivity index (χ1n) is 6.32. The highest BCUT2D eigenvalue weighted by Crippen LogP contribution is 2.16. The molecule has 1 amide bonds. The maximum Gasteiger partial charge on any atom is 0.266 e. The highest BCUT2D eigenvalue weighted by molar-refractivity contribution is 5.75. The molecule has 1 aliphatic rings. The maximum atomic E-state index is 10.6. The molecule has 7 nitrogen and oxygen atoms in total. The Balaban J connectivity index is 1.86. The average molecular weight is 253 g/mol. The molecular weight excluding hydrogens is 234 g/mol. The molecule has 100 valence electrons. The molecular formula is C11H19N5O2. The van der Waals surface area contributed by atoms with Gasteiger partial charge in [0.1, 0.15) is 0 Å². The highest BCUT2D eigenvalue weighted by atomic mass is 16.5. The van der Waals surface area contributed by atoms with E-state index < -0.39 is 5.91 Å². The molecule has 2 rings (SSSR count). The third-order valence-corrected chi connectivity index (χ3v) is 2.92. The van der Waals surface area contributed by atoms with E-state index in [1.165, 1.54) is 25.7 Å². The Kier molecular flexibility index (Phi) is 4.52. The van der Waals surface area contributed by atoms with Crippen LogP contribution in [0.25, 0.3) is 0 Å². The number of rotatable bonds is 5. The number of nitrogens with one attached hydrogen (secondary N) is 1. The zero-order chi connectivity index (χ0) is 12.8. The summed E-state index contributed by atoms with van der Waals surface area (Å²) in [5.74, 6) is 0.727. The molecule has 0 saturated carbocycles. The van der Waals surface area contributed by atoms with Crippen LogP contribution in [0.1, 0.15) is 31.6 Å². The minimum Gasteiger partial charge on any atom is -0.369 e. The van der Waals surface area contributed by atoms with Crippen molar-refractivity contribution in [3.8, 4) is 0 Å². The first-order valence-corrected chi connectivity index (χ1v) is 6.32. The molecule has 1 saturated heterocycles. The molecule has 0 spiro atoms. The number of carbonyl (C=O) groups excluding carboxylic acids is 1. The van der Waals surface area contributed by atoms with Gasteiger partial charge in [-0.2, -0.15) is 4.98 Å². The fourth-order valence-corrected chi connectivity index (χ4v) is 2.01. The van der Waals surface area contributed by atoms with Gasteiger partial charge in [0.25, 0.3) is 5.95 Å². The van der Waals surface area contributed by atoms with Gasteiger partial charge in [0, 0.05) is 13.1 Å². The standard InChI is InChI=1S/C11H19N5O2/c12-9(17)7-13-8-10-14-11(15-18-10)16-5-3-1-2-4-6-16/h13H,1-8H2,(H2,12,17). The zero-order valence-corrected chi connectivity index (χ0v) is 10.4. The van der Waals surface area contributed by atoms with Crippen LogP contribution < -0.4 is 16.0 Å². The number of aromatic nitrogens is 2. The maximum absolute atomic E-state index is 10.6. The van der Waals surface area contributed by atoms with E-state index in [1.807, 2.05) is 0 Å². The van der Waals surface area contributed by atoms with Gasteiger partial charge in [-0.3, -0.25) is 10.1 Å². The quantitative estimate of drug-likeness (QED) is 0.768. The number of nitrogens with two attached hydrogens (primary N) is 1. The number of carbonyl (C=O) groups is 1. The average Bonchev–Trinajstić information content (AvgIpc) is 2.63. The van der Waals surface area contributed by atoms with Gasteiger partial charge >= 0.3 is 0 Å². The Labute approximate surface area is 106 Å². The lowest BCUT2D eigenvalue weighted by molar-refractivity contribution is -0.117. The van der Waals surface area contributed by atoms with Crippen molar-refractivity contribution in [3.05, 3.63) is 5.89 Å². The van der Waals surface area contributed by atoms with Crippen molar-refractivity contribution >= 4 is 11.9 Å². The first kappa shape index (κ1) is 12.8. The summed E-state index contributed by atoms with van der Waals surface area (Å²) in [6.45, 7) is 2.44. The van der Waals surface area contributed by atoms with Crippen LogP contribution in [0.3, 0.4) is 0 Å². The predicted octanol–water partition coefficient (Wildman–Crippen LogP) is 0.0249. The van der Waals surface area contributed by atoms with Crippen LogP contribution in [0, 0.1) is 0 Å². The van der Waals surface area contributed by atoms with Crippen LogP contribution in [-0.2, 0) is 11.3 Å². The van der Waals surface area contributed by atoms with Gasteiger partial charge in [0.2, 0.25) is 11.8 Å². The molecule has 1 fully saturated rings. The fourth-order valence-electron chi connectivity index (χ4n) is 2.01. The Morgan fingerprint density at radius 3 is 2.72 bits per heavy atom. The zero-order valence-electron chi connectivity index (χ0n) is 10.4. The minimum absolute atomic E-state index is 0.113. The lowest BCUT2D eigenvalue weighted by Gasteiger charge is -2.16. The second-order valence-corrected chi connectivity index (χ2v) is 4.46. The molecule has 1 aromatic rings. The molecule has 0 aromatic carbocycles. The number of anilines is 1. The number of amides is 1. The monoisotopic (exact) mass is 253 g/mol. The molecule has 18 heavy (non-hydrogen) atoms. The van der Waals surface area contributed by atoms with Gasteiger partial charge in [0.05, 0.1) is 13.1 Å². The van der Waals surface area contributed by atoms with E-state index in [2.05, 4.69) is 20.4 Å². The Morgan fingerprint density at radius 2 is 2.06 bits per heavy atom. The second-order valence-electron chi connectivity index (χ2n) is 4.46. The fraction of sp³-hybridized carbons (Fsp3) is 0.727. The summed E-state index contributed by atoms with van der Waals surface area (Å²) < 4.78 is 5.12. The van der Waals surface area contributed by atoms with E-state index in [9.17, 15) is 4.79 Å². The Hall–Kier alpha value is -1.63. The molecule has 2 heterocycles. The Morgan fingerprint density at radius 1 is 1.33 bits per heavy atom. The van der Waals surface area contributed by atoms with Crippen molar-refractivity contribution in [3.63, 3.8) is 0 Å². The van der Waals surface area contributed by atoms with Crippen LogP contribution in [-0.4, -0.2) is 35.7 Å². The summed E-state index contributed by atoms with van der Waals surface area (Å²) in [4.78, 5) is 17.0. The van der Waals surface area contributed by atoms with E-state index in [0.29, 0.717) is 18.4 Å². The Bertz CT molecular complexity index is 385. The van der Waals surface area contributed by atoms with Crippen LogP contribution >= 0.6 is 0 Å². The molecule has 0 aliphatic carbocycles. The van der Waals surface area contributed by atoms with Gasteiger partial charge in [-0.15, -0.1) is 0 Å². The molecule has 0 atom stereocenters. The van der Waals surface area contributed by atoms with Crippen molar-refractivity contribution in [1.29, 1.82) is 0 Å². The van der Waals surface area contributed by atoms with Gasteiger partial charge in [-0.25, -0.2) is 0 Å². The minimum atomic E-state index is -0.401. The van der Waals surface area contributed by atoms with Crippen LogP contribution in [0.4, 0.5) is 5.95 Å². The predicted molar refractivity (Wildman–Crippen MR) is 65.9 cm³/mol. The number of nitrogens with zero attached hydrogens (tertiary/aromatic N) is 3. The normalized spacial score (nSPS) is 16.6. The van der Waals surface area contributed by atoms with Crippen LogP contribution in [0.2, 0.25) is 0 Å². The van der Waals surface area contributed by atoms with Gasteiger partial charge in [-0.1, -0.05) is 12.8 Å². The van der Waals surface area contributed by atoms with E-state index in [-0.39, 0.29) is 6.54 Å². The van der Waals surface area contributed by atoms with E-state index >= 15 is 0 Å². The molecule has 1 aromatic heterocycles. The van der Waals surface area contributed by atoms with Crippen molar-refractivity contribution in [2.45, 2.75) is 32.2 Å². The summed E-state index contributed by atoms with van der Waals surface area (Å²) in [5, 5.41) is 6.80. The van der Waals surface area contributed by atoms with Crippen molar-refractivity contribution in [1.82, 2.24) is 15.5 Å². The van der Waals surface area contributed by atoms with E-state index in [1.54, 1.807) is 0 Å². The van der Waals surface area contributed by atoms with E-state index in [0.717, 1.165) is 13.1 Å². The van der Waals surface area contributed by atoms with Gasteiger partial charge < -0.3 is 15.2 Å². The number of hydrogen-bond donors (Lipinski definition) is 2. The van der Waals surface area contributed by atoms with Crippen LogP contribution in [0.15, 0.2) is 4.52 Å². The number of hydrogen-bond acceptors (Lipinski definition) is 6. The summed E-state index contributed by atoms with van der Waals surface area (Å²) in [6.07, 6.45) is 4.87. The SMILES string of the molecule is NC(=O)CNCc1nc(N2CCCCCC2)no1. The molecule has 0 unspecified atom stereocenters. The third-order valence-electron chi connectivity index (χ3n) is 2.92. The summed E-state index contributed by atoms with van der Waals surface area (Å²) in [5.41, 5.74) is 5.02. The van der Waals surface area contributed by atoms with Crippen LogP contribution in [0.5, 0.6) is 0 Å². The molecule has 0 bridgehead atoms. The largest absolute Gasteiger partial charge is 0.369 e. The smallest absolute Gasteiger partial charge is 0.266 e. The van der Waals surface area contributed by atoms with Gasteiger partial charge in [-0.05, 0) is 18.0 Å². The number of primary amides is 1. The summed E-state index contributed by atoms with van der Waals surface area (Å²) >= 11 is 0. The molecule has 3 N–H and O–H groups in total. The van der Waals surface area contributed by atoms with E-state index in [4.69, 9.17) is 10.3 Å². The van der Waals surface area contributed by atoms with Crippen molar-refractivity contribution in [2.24, 2.45) is 5.73 Å².